The van der Waals surface area contributed by atoms with E-state index in [1.165, 1.54) is 0 Å². The molecule has 0 amide bonds. The van der Waals surface area contributed by atoms with Crippen molar-refractivity contribution in [2.75, 3.05) is 12.4 Å². The number of alkyl halides is 1. The molecule has 2 aromatic carbocycles. The predicted molar refractivity (Wildman–Crippen MR) is 95.3 cm³/mol. The fourth-order valence-electron chi connectivity index (χ4n) is 2.33. The molecule has 124 valence electrons. The smallest absolute Gasteiger partial charge is 0.240 e. The molecule has 0 aliphatic heterocycles. The molecule has 2 unspecified atom stereocenters. The van der Waals surface area contributed by atoms with E-state index >= 15 is 0 Å². The molecular formula is C17H20BrNO3S. The SMILES string of the molecule is COC(c1ccccc1)C(CBr)NS(=O)(=O)c1ccc(C)cc1. The molecule has 4 nitrogen and oxygen atoms in total. The monoisotopic (exact) mass is 397 g/mol. The molecule has 0 fully saturated rings. The molecule has 1 N–H and O–H groups in total. The summed E-state index contributed by atoms with van der Waals surface area (Å²) >= 11 is 3.38. The Labute approximate surface area is 146 Å². The van der Waals surface area contributed by atoms with Gasteiger partial charge in [0, 0.05) is 12.4 Å². The van der Waals surface area contributed by atoms with Crippen LogP contribution < -0.4 is 4.72 Å². The summed E-state index contributed by atoms with van der Waals surface area (Å²) in [5.41, 5.74) is 1.94. The van der Waals surface area contributed by atoms with Gasteiger partial charge in [0.1, 0.15) is 0 Å². The molecule has 2 atom stereocenters. The standard InChI is InChI=1S/C17H20BrNO3S/c1-13-8-10-15(11-9-13)23(20,21)19-16(12-18)17(22-2)14-6-4-3-5-7-14/h3-11,16-17,19H,12H2,1-2H3. The average Bonchev–Trinajstić information content (AvgIpc) is 2.56. The van der Waals surface area contributed by atoms with E-state index < -0.39 is 16.1 Å². The van der Waals surface area contributed by atoms with Gasteiger partial charge in [0.15, 0.2) is 0 Å². The van der Waals surface area contributed by atoms with Crippen molar-refractivity contribution in [3.63, 3.8) is 0 Å². The lowest BCUT2D eigenvalue weighted by atomic mass is 10.0. The molecule has 0 spiro atoms. The lowest BCUT2D eigenvalue weighted by molar-refractivity contribution is 0.0822. The molecule has 0 aliphatic rings. The zero-order valence-corrected chi connectivity index (χ0v) is 15.5. The topological polar surface area (TPSA) is 55.4 Å². The number of methoxy groups -OCH3 is 1. The van der Waals surface area contributed by atoms with Crippen LogP contribution in [0.2, 0.25) is 0 Å². The van der Waals surface area contributed by atoms with Crippen molar-refractivity contribution in [3.8, 4) is 0 Å². The Bertz CT molecular complexity index is 717. The number of sulfonamides is 1. The van der Waals surface area contributed by atoms with E-state index in [1.807, 2.05) is 37.3 Å². The molecule has 23 heavy (non-hydrogen) atoms. The second-order valence-corrected chi connectivity index (χ2v) is 7.62. The van der Waals surface area contributed by atoms with Crippen LogP contribution in [0.4, 0.5) is 0 Å². The maximum atomic E-state index is 12.6. The minimum absolute atomic E-state index is 0.247. The third-order valence-corrected chi connectivity index (χ3v) is 5.75. The van der Waals surface area contributed by atoms with E-state index in [0.29, 0.717) is 5.33 Å². The molecule has 6 heteroatoms. The molecular weight excluding hydrogens is 378 g/mol. The summed E-state index contributed by atoms with van der Waals surface area (Å²) in [7, 11) is -2.03. The summed E-state index contributed by atoms with van der Waals surface area (Å²) in [6.07, 6.45) is -0.379. The minimum Gasteiger partial charge on any atom is -0.375 e. The number of hydrogen-bond acceptors (Lipinski definition) is 3. The molecule has 0 aliphatic carbocycles. The molecule has 0 saturated carbocycles. The first-order valence-electron chi connectivity index (χ1n) is 7.20. The largest absolute Gasteiger partial charge is 0.375 e. The van der Waals surface area contributed by atoms with Gasteiger partial charge in [-0.1, -0.05) is 64.0 Å². The van der Waals surface area contributed by atoms with Gasteiger partial charge in [0.05, 0.1) is 17.0 Å². The van der Waals surface area contributed by atoms with Crippen molar-refractivity contribution in [3.05, 3.63) is 65.7 Å². The predicted octanol–water partition coefficient (Wildman–Crippen LogP) is 3.42. The van der Waals surface area contributed by atoms with E-state index in [1.54, 1.807) is 31.4 Å². The van der Waals surface area contributed by atoms with Gasteiger partial charge in [0.25, 0.3) is 0 Å². The second kappa shape index (κ2) is 8.06. The summed E-state index contributed by atoms with van der Waals surface area (Å²) in [4.78, 5) is 0.247. The summed E-state index contributed by atoms with van der Waals surface area (Å²) in [6, 6.07) is 15.9. The van der Waals surface area contributed by atoms with Crippen molar-refractivity contribution in [1.82, 2.24) is 4.72 Å². The number of hydrogen-bond donors (Lipinski definition) is 1. The fourth-order valence-corrected chi connectivity index (χ4v) is 4.29. The number of nitrogens with one attached hydrogen (secondary N) is 1. The first-order chi connectivity index (χ1) is 11.0. The molecule has 0 saturated heterocycles. The third kappa shape index (κ3) is 4.64. The lowest BCUT2D eigenvalue weighted by Gasteiger charge is -2.25. The highest BCUT2D eigenvalue weighted by Gasteiger charge is 2.27. The van der Waals surface area contributed by atoms with Gasteiger partial charge in [-0.2, -0.15) is 0 Å². The van der Waals surface area contributed by atoms with E-state index in [4.69, 9.17) is 4.74 Å². The third-order valence-electron chi connectivity index (χ3n) is 3.55. The number of aryl methyl sites for hydroxylation is 1. The highest BCUT2D eigenvalue weighted by Crippen LogP contribution is 2.23. The quantitative estimate of drug-likeness (QED) is 0.728. The van der Waals surface area contributed by atoms with Crippen LogP contribution in [0.3, 0.4) is 0 Å². The van der Waals surface area contributed by atoms with Crippen molar-refractivity contribution < 1.29 is 13.2 Å². The van der Waals surface area contributed by atoms with Crippen molar-refractivity contribution in [2.45, 2.75) is 24.0 Å². The van der Waals surface area contributed by atoms with E-state index in [-0.39, 0.29) is 11.0 Å². The zero-order chi connectivity index (χ0) is 16.9. The highest BCUT2D eigenvalue weighted by atomic mass is 79.9. The molecule has 0 heterocycles. The number of ether oxygens (including phenoxy) is 1. The van der Waals surface area contributed by atoms with Crippen LogP contribution in [0.5, 0.6) is 0 Å². The number of benzene rings is 2. The molecule has 0 radical (unpaired) electrons. The summed E-state index contributed by atoms with van der Waals surface area (Å²) in [5.74, 6) is 0. The number of halogens is 1. The normalized spacial score (nSPS) is 14.4. The van der Waals surface area contributed by atoms with Gasteiger partial charge >= 0.3 is 0 Å². The first kappa shape index (κ1) is 18.1. The Morgan fingerprint density at radius 3 is 2.22 bits per heavy atom. The van der Waals surface area contributed by atoms with Crippen molar-refractivity contribution >= 4 is 26.0 Å². The van der Waals surface area contributed by atoms with Gasteiger partial charge < -0.3 is 4.74 Å². The van der Waals surface area contributed by atoms with Gasteiger partial charge in [-0.3, -0.25) is 0 Å². The van der Waals surface area contributed by atoms with E-state index in [0.717, 1.165) is 11.1 Å². The van der Waals surface area contributed by atoms with Crippen molar-refractivity contribution in [1.29, 1.82) is 0 Å². The molecule has 2 rings (SSSR count). The van der Waals surface area contributed by atoms with Crippen LogP contribution in [-0.4, -0.2) is 26.9 Å². The molecule has 0 aromatic heterocycles. The Morgan fingerprint density at radius 2 is 1.70 bits per heavy atom. The summed E-state index contributed by atoms with van der Waals surface area (Å²) in [5, 5.41) is 0.436. The van der Waals surface area contributed by atoms with Crippen LogP contribution in [-0.2, 0) is 14.8 Å². The minimum atomic E-state index is -3.61. The van der Waals surface area contributed by atoms with Crippen molar-refractivity contribution in [2.24, 2.45) is 0 Å². The van der Waals surface area contributed by atoms with Gasteiger partial charge in [-0.15, -0.1) is 0 Å². The second-order valence-electron chi connectivity index (χ2n) is 5.26. The Hall–Kier alpha value is -1.21. The van der Waals surface area contributed by atoms with E-state index in [2.05, 4.69) is 20.7 Å². The zero-order valence-electron chi connectivity index (χ0n) is 13.1. The maximum absolute atomic E-state index is 12.6. The average molecular weight is 398 g/mol. The Morgan fingerprint density at radius 1 is 1.09 bits per heavy atom. The van der Waals surface area contributed by atoms with Crippen LogP contribution in [0, 0.1) is 6.92 Å². The highest BCUT2D eigenvalue weighted by molar-refractivity contribution is 9.09. The van der Waals surface area contributed by atoms with Gasteiger partial charge in [-0.05, 0) is 24.6 Å². The fraction of sp³-hybridized carbons (Fsp3) is 0.294. The van der Waals surface area contributed by atoms with Gasteiger partial charge in [0.2, 0.25) is 10.0 Å². The Balaban J connectivity index is 2.25. The molecule has 2 aromatic rings. The summed E-state index contributed by atoms with van der Waals surface area (Å²) < 4.78 is 33.4. The van der Waals surface area contributed by atoms with E-state index in [9.17, 15) is 8.42 Å². The van der Waals surface area contributed by atoms with Gasteiger partial charge in [-0.25, -0.2) is 13.1 Å². The molecule has 0 bridgehead atoms. The Kier molecular flexibility index (Phi) is 6.35. The van der Waals surface area contributed by atoms with Crippen LogP contribution in [0.1, 0.15) is 17.2 Å². The van der Waals surface area contributed by atoms with Crippen LogP contribution >= 0.6 is 15.9 Å². The maximum Gasteiger partial charge on any atom is 0.240 e. The van der Waals surface area contributed by atoms with Crippen LogP contribution in [0.15, 0.2) is 59.5 Å². The number of rotatable bonds is 7. The summed E-state index contributed by atoms with van der Waals surface area (Å²) in [6.45, 7) is 1.92. The first-order valence-corrected chi connectivity index (χ1v) is 9.81. The van der Waals surface area contributed by atoms with Crippen LogP contribution in [0.25, 0.3) is 0 Å². The lowest BCUT2D eigenvalue weighted by Crippen LogP contribution is -2.41.